The molecule has 0 atom stereocenters. The molecule has 3 aromatic carbocycles. The lowest BCUT2D eigenvalue weighted by atomic mass is 9.79. The van der Waals surface area contributed by atoms with Crippen molar-refractivity contribution in [3.8, 4) is 0 Å². The summed E-state index contributed by atoms with van der Waals surface area (Å²) in [7, 11) is 0. The van der Waals surface area contributed by atoms with Crippen LogP contribution in [-0.4, -0.2) is 22.2 Å². The molecular formula is C27H23ClO4. The monoisotopic (exact) mass is 446 g/mol. The van der Waals surface area contributed by atoms with E-state index in [1.165, 1.54) is 45.9 Å². The number of carboxylic acids is 2. The van der Waals surface area contributed by atoms with Crippen molar-refractivity contribution in [2.75, 3.05) is 0 Å². The third kappa shape index (κ3) is 3.71. The molecule has 4 nitrogen and oxygen atoms in total. The molecule has 162 valence electrons. The number of allylic oxidation sites excluding steroid dienone is 4. The van der Waals surface area contributed by atoms with Gasteiger partial charge in [0.25, 0.3) is 0 Å². The van der Waals surface area contributed by atoms with Crippen molar-refractivity contribution in [1.29, 1.82) is 0 Å². The highest BCUT2D eigenvalue weighted by molar-refractivity contribution is 5.97. The minimum Gasteiger partial charge on any atom is -0.478 e. The van der Waals surface area contributed by atoms with Gasteiger partial charge in [-0.2, -0.15) is 0 Å². The van der Waals surface area contributed by atoms with Crippen molar-refractivity contribution < 1.29 is 19.8 Å². The number of benzene rings is 3. The SMILES string of the molecule is Cl.O=C(O)c1cccc(C(=O)O)c1Cc1ccc2ccc3c(c2c1)CCC1=C3C=CCC1. The number of rotatable bonds is 4. The number of hydrogen-bond donors (Lipinski definition) is 2. The largest absolute Gasteiger partial charge is 0.478 e. The Morgan fingerprint density at radius 2 is 1.59 bits per heavy atom. The first-order valence-corrected chi connectivity index (χ1v) is 10.5. The lowest BCUT2D eigenvalue weighted by Gasteiger charge is -2.25. The second-order valence-corrected chi connectivity index (χ2v) is 8.22. The third-order valence-electron chi connectivity index (χ3n) is 6.46. The fourth-order valence-electron chi connectivity index (χ4n) is 4.97. The fourth-order valence-corrected chi connectivity index (χ4v) is 4.97. The van der Waals surface area contributed by atoms with E-state index in [2.05, 4.69) is 36.4 Å². The van der Waals surface area contributed by atoms with Crippen LogP contribution in [0.2, 0.25) is 0 Å². The molecule has 32 heavy (non-hydrogen) atoms. The van der Waals surface area contributed by atoms with E-state index in [0.717, 1.165) is 36.6 Å². The smallest absolute Gasteiger partial charge is 0.336 e. The second kappa shape index (κ2) is 8.64. The first-order valence-electron chi connectivity index (χ1n) is 10.5. The molecule has 0 heterocycles. The number of halogens is 1. The third-order valence-corrected chi connectivity index (χ3v) is 6.46. The van der Waals surface area contributed by atoms with E-state index in [1.807, 2.05) is 6.07 Å². The molecule has 0 aliphatic heterocycles. The van der Waals surface area contributed by atoms with Crippen molar-refractivity contribution in [3.63, 3.8) is 0 Å². The molecule has 0 saturated heterocycles. The van der Waals surface area contributed by atoms with E-state index < -0.39 is 11.9 Å². The van der Waals surface area contributed by atoms with E-state index in [-0.39, 0.29) is 30.0 Å². The lowest BCUT2D eigenvalue weighted by molar-refractivity contribution is 0.0696. The highest BCUT2D eigenvalue weighted by atomic mass is 35.5. The second-order valence-electron chi connectivity index (χ2n) is 8.22. The van der Waals surface area contributed by atoms with Gasteiger partial charge in [-0.3, -0.25) is 0 Å². The first-order chi connectivity index (χ1) is 15.0. The van der Waals surface area contributed by atoms with Crippen LogP contribution in [-0.2, 0) is 12.8 Å². The zero-order valence-electron chi connectivity index (χ0n) is 17.4. The normalized spacial score (nSPS) is 14.5. The van der Waals surface area contributed by atoms with Crippen LogP contribution in [0.5, 0.6) is 0 Å². The van der Waals surface area contributed by atoms with Gasteiger partial charge in [0.2, 0.25) is 0 Å². The number of carbonyl (C=O) groups is 2. The average molecular weight is 447 g/mol. The van der Waals surface area contributed by atoms with Gasteiger partial charge in [-0.1, -0.05) is 54.1 Å². The molecule has 0 fully saturated rings. The molecule has 0 aromatic heterocycles. The summed E-state index contributed by atoms with van der Waals surface area (Å²) in [5, 5.41) is 21.5. The molecule has 5 rings (SSSR count). The number of hydrogen-bond acceptors (Lipinski definition) is 2. The van der Waals surface area contributed by atoms with E-state index in [1.54, 1.807) is 0 Å². The molecular weight excluding hydrogens is 424 g/mol. The molecule has 5 heteroatoms. The van der Waals surface area contributed by atoms with Crippen LogP contribution in [0.3, 0.4) is 0 Å². The van der Waals surface area contributed by atoms with E-state index in [9.17, 15) is 19.8 Å². The maximum atomic E-state index is 11.7. The van der Waals surface area contributed by atoms with Gasteiger partial charge < -0.3 is 10.2 Å². The summed E-state index contributed by atoms with van der Waals surface area (Å²) in [6.45, 7) is 0. The Balaban J connectivity index is 0.00000245. The van der Waals surface area contributed by atoms with Gasteiger partial charge in [0, 0.05) is 0 Å². The summed E-state index contributed by atoms with van der Waals surface area (Å²) in [6, 6.07) is 14.9. The maximum Gasteiger partial charge on any atom is 0.336 e. The Morgan fingerprint density at radius 3 is 2.31 bits per heavy atom. The zero-order valence-corrected chi connectivity index (χ0v) is 18.2. The summed E-state index contributed by atoms with van der Waals surface area (Å²) in [4.78, 5) is 23.4. The standard InChI is InChI=1S/C27H22O4.ClH/c28-26(29)22-6-3-7-23(27(30)31)25(22)15-16-8-9-18-11-12-20-19-5-2-1-4-17(19)10-13-21(20)24(18)14-16;/h2-3,5-9,11-12,14H,1,4,10,13,15H2,(H,28,29)(H,30,31);1H. The Labute approximate surface area is 192 Å². The van der Waals surface area contributed by atoms with Crippen molar-refractivity contribution in [2.24, 2.45) is 0 Å². The van der Waals surface area contributed by atoms with Crippen LogP contribution in [0.1, 0.15) is 62.2 Å². The lowest BCUT2D eigenvalue weighted by Crippen LogP contribution is -2.10. The van der Waals surface area contributed by atoms with E-state index in [4.69, 9.17) is 0 Å². The first kappa shape index (κ1) is 21.8. The summed E-state index contributed by atoms with van der Waals surface area (Å²) < 4.78 is 0. The van der Waals surface area contributed by atoms with Crippen molar-refractivity contribution >= 4 is 40.7 Å². The summed E-state index contributed by atoms with van der Waals surface area (Å²) in [5.41, 5.74) is 6.84. The van der Waals surface area contributed by atoms with Gasteiger partial charge in [0.15, 0.2) is 0 Å². The Morgan fingerprint density at radius 1 is 0.875 bits per heavy atom. The van der Waals surface area contributed by atoms with Crippen molar-refractivity contribution in [2.45, 2.75) is 32.1 Å². The minimum atomic E-state index is -1.11. The molecule has 0 amide bonds. The Kier molecular flexibility index (Phi) is 5.90. The molecule has 0 saturated carbocycles. The summed E-state index contributed by atoms with van der Waals surface area (Å²) >= 11 is 0. The van der Waals surface area contributed by atoms with Crippen LogP contribution in [0, 0.1) is 0 Å². The fraction of sp³-hybridized carbons (Fsp3) is 0.185. The molecule has 0 bridgehead atoms. The van der Waals surface area contributed by atoms with E-state index in [0.29, 0.717) is 5.56 Å². The number of carboxylic acid groups (broad SMARTS) is 2. The number of aryl methyl sites for hydroxylation is 1. The van der Waals surface area contributed by atoms with Gasteiger partial charge in [0.1, 0.15) is 0 Å². The van der Waals surface area contributed by atoms with Crippen LogP contribution in [0.4, 0.5) is 0 Å². The van der Waals surface area contributed by atoms with Gasteiger partial charge in [-0.25, -0.2) is 9.59 Å². The highest BCUT2D eigenvalue weighted by Crippen LogP contribution is 2.40. The Bertz CT molecular complexity index is 1280. The highest BCUT2D eigenvalue weighted by Gasteiger charge is 2.22. The summed E-state index contributed by atoms with van der Waals surface area (Å²) in [6.07, 6.45) is 9.06. The van der Waals surface area contributed by atoms with Crippen LogP contribution in [0.15, 0.2) is 66.3 Å². The van der Waals surface area contributed by atoms with Crippen LogP contribution >= 0.6 is 12.4 Å². The molecule has 3 aromatic rings. The maximum absolute atomic E-state index is 11.7. The van der Waals surface area contributed by atoms with Gasteiger partial charge >= 0.3 is 11.9 Å². The number of fused-ring (bicyclic) bond motifs is 4. The van der Waals surface area contributed by atoms with Crippen LogP contribution < -0.4 is 0 Å². The molecule has 0 spiro atoms. The van der Waals surface area contributed by atoms with Gasteiger partial charge in [-0.15, -0.1) is 12.4 Å². The molecule has 2 aliphatic carbocycles. The number of aromatic carboxylic acids is 2. The van der Waals surface area contributed by atoms with Crippen LogP contribution in [0.25, 0.3) is 16.3 Å². The molecule has 0 radical (unpaired) electrons. The van der Waals surface area contributed by atoms with Gasteiger partial charge in [0.05, 0.1) is 11.1 Å². The topological polar surface area (TPSA) is 74.6 Å². The quantitative estimate of drug-likeness (QED) is 0.493. The van der Waals surface area contributed by atoms with Gasteiger partial charge in [-0.05, 0) is 82.8 Å². The Hall–Kier alpha value is -3.37. The zero-order chi connectivity index (χ0) is 21.5. The molecule has 2 N–H and O–H groups in total. The predicted octanol–water partition coefficient (Wildman–Crippen LogP) is 6.30. The van der Waals surface area contributed by atoms with Crippen molar-refractivity contribution in [1.82, 2.24) is 0 Å². The predicted molar refractivity (Wildman–Crippen MR) is 128 cm³/mol. The van der Waals surface area contributed by atoms with E-state index >= 15 is 0 Å². The molecule has 2 aliphatic rings. The average Bonchev–Trinajstić information content (AvgIpc) is 2.78. The summed E-state index contributed by atoms with van der Waals surface area (Å²) in [5.74, 6) is -2.22. The van der Waals surface area contributed by atoms with Crippen molar-refractivity contribution in [3.05, 3.63) is 99.6 Å². The molecule has 0 unspecified atom stereocenters. The minimum absolute atomic E-state index is 0.